The highest BCUT2D eigenvalue weighted by Gasteiger charge is 2.22. The number of allylic oxidation sites excluding steroid dienone is 2. The molecule has 9 aromatic rings. The summed E-state index contributed by atoms with van der Waals surface area (Å²) in [5.41, 5.74) is 8.44. The molecule has 0 unspecified atom stereocenters. The Bertz CT molecular complexity index is 3270. The highest BCUT2D eigenvalue weighted by atomic mass is 79.9. The van der Waals surface area contributed by atoms with Crippen molar-refractivity contribution in [3.63, 3.8) is 0 Å². The maximum absolute atomic E-state index is 11.0. The highest BCUT2D eigenvalue weighted by molar-refractivity contribution is 9.12. The maximum Gasteiger partial charge on any atom is 0.167 e. The summed E-state index contributed by atoms with van der Waals surface area (Å²) in [6, 6.07) is 38.0. The summed E-state index contributed by atoms with van der Waals surface area (Å²) in [4.78, 5) is 29.8. The van der Waals surface area contributed by atoms with Crippen LogP contribution in [0.1, 0.15) is 22.3 Å². The summed E-state index contributed by atoms with van der Waals surface area (Å²) >= 11 is 20.3. The van der Waals surface area contributed by atoms with Gasteiger partial charge in [-0.25, -0.2) is 29.9 Å². The fraction of sp³-hybridized carbons (Fsp3) is 0.0400. The van der Waals surface area contributed by atoms with Crippen LogP contribution in [0.3, 0.4) is 0 Å². The number of phenolic OH excluding ortho intramolecular Hbond substituents is 2. The molecule has 11 rings (SSSR count). The van der Waals surface area contributed by atoms with Gasteiger partial charge in [0.25, 0.3) is 0 Å². The molecule has 298 valence electrons. The van der Waals surface area contributed by atoms with Crippen LogP contribution in [0.15, 0.2) is 130 Å². The van der Waals surface area contributed by atoms with E-state index in [0.717, 1.165) is 65.6 Å². The first-order valence-electron chi connectivity index (χ1n) is 19.6. The first-order chi connectivity index (χ1) is 30.1. The second kappa shape index (κ2) is 15.3. The largest absolute Gasteiger partial charge is 0.507 e. The SMILES string of the molecule is Oc1ccc(Cl)cc1-c1nc(-c2ccc(-c3nc(-c4cc(Cl)ccc4O)nc(-c4ccc5c6c(cccc46)C=C(Br)C5)n3)cc2)nc(-c2ccc3c4c(cccc24)CC(Br)=C3)n1. The van der Waals surface area contributed by atoms with Gasteiger partial charge in [0.1, 0.15) is 11.5 Å². The minimum Gasteiger partial charge on any atom is -0.507 e. The van der Waals surface area contributed by atoms with Crippen molar-refractivity contribution in [3.05, 3.63) is 163 Å². The van der Waals surface area contributed by atoms with Crippen LogP contribution in [0.5, 0.6) is 11.5 Å². The second-order valence-corrected chi connectivity index (χ2v) is 18.0. The summed E-state index contributed by atoms with van der Waals surface area (Å²) in [6.07, 6.45) is 5.87. The lowest BCUT2D eigenvalue weighted by molar-refractivity contribution is 0.476. The van der Waals surface area contributed by atoms with E-state index in [4.69, 9.17) is 53.1 Å². The number of halogens is 4. The van der Waals surface area contributed by atoms with E-state index in [1.807, 2.05) is 42.5 Å². The molecule has 0 bridgehead atoms. The van der Waals surface area contributed by atoms with Crippen LogP contribution in [0.4, 0.5) is 0 Å². The average molecular weight is 976 g/mol. The van der Waals surface area contributed by atoms with Crippen molar-refractivity contribution in [2.45, 2.75) is 12.8 Å². The third-order valence-electron chi connectivity index (χ3n) is 11.2. The number of phenols is 2. The third kappa shape index (κ3) is 6.84. The highest BCUT2D eigenvalue weighted by Crippen LogP contribution is 2.41. The van der Waals surface area contributed by atoms with E-state index in [1.54, 1.807) is 24.3 Å². The van der Waals surface area contributed by atoms with Crippen LogP contribution < -0.4 is 0 Å². The van der Waals surface area contributed by atoms with Gasteiger partial charge >= 0.3 is 0 Å². The zero-order chi connectivity index (χ0) is 42.2. The molecule has 7 aromatic carbocycles. The van der Waals surface area contributed by atoms with Gasteiger partial charge in [-0.15, -0.1) is 0 Å². The van der Waals surface area contributed by atoms with Gasteiger partial charge in [-0.2, -0.15) is 0 Å². The van der Waals surface area contributed by atoms with Crippen molar-refractivity contribution < 1.29 is 10.2 Å². The van der Waals surface area contributed by atoms with Crippen molar-refractivity contribution in [3.8, 4) is 79.8 Å². The molecule has 2 heterocycles. The average Bonchev–Trinajstić information content (AvgIpc) is 3.28. The molecular formula is C50H28Br2Cl2N6O2. The van der Waals surface area contributed by atoms with E-state index < -0.39 is 0 Å². The van der Waals surface area contributed by atoms with Gasteiger partial charge in [0.2, 0.25) is 0 Å². The zero-order valence-corrected chi connectivity index (χ0v) is 36.9. The Hall–Kier alpha value is -6.30. The lowest BCUT2D eigenvalue weighted by Crippen LogP contribution is -2.03. The van der Waals surface area contributed by atoms with Gasteiger partial charge in [-0.05, 0) is 98.4 Å². The number of nitrogens with zero attached hydrogens (tertiary/aromatic N) is 6. The number of aromatic nitrogens is 6. The van der Waals surface area contributed by atoms with Crippen molar-refractivity contribution in [1.82, 2.24) is 29.9 Å². The normalized spacial score (nSPS) is 13.0. The Morgan fingerprint density at radius 1 is 0.419 bits per heavy atom. The Labute approximate surface area is 381 Å². The van der Waals surface area contributed by atoms with Crippen LogP contribution in [0.25, 0.3) is 102 Å². The minimum absolute atomic E-state index is 0.00735. The number of rotatable bonds is 6. The molecule has 0 radical (unpaired) electrons. The molecule has 2 aliphatic carbocycles. The molecule has 2 aliphatic rings. The van der Waals surface area contributed by atoms with Gasteiger partial charge in [0.05, 0.1) is 11.1 Å². The van der Waals surface area contributed by atoms with E-state index >= 15 is 0 Å². The fourth-order valence-electron chi connectivity index (χ4n) is 8.39. The smallest absolute Gasteiger partial charge is 0.167 e. The Morgan fingerprint density at radius 2 is 0.839 bits per heavy atom. The topological polar surface area (TPSA) is 118 Å². The molecule has 12 heteroatoms. The molecule has 62 heavy (non-hydrogen) atoms. The monoisotopic (exact) mass is 972 g/mol. The van der Waals surface area contributed by atoms with E-state index in [9.17, 15) is 10.2 Å². The molecule has 2 aromatic heterocycles. The number of hydrogen-bond donors (Lipinski definition) is 2. The molecule has 0 atom stereocenters. The number of hydrogen-bond acceptors (Lipinski definition) is 8. The van der Waals surface area contributed by atoms with Gasteiger partial charge in [0, 0.05) is 54.1 Å². The first kappa shape index (κ1) is 38.6. The first-order valence-corrected chi connectivity index (χ1v) is 21.9. The van der Waals surface area contributed by atoms with Gasteiger partial charge < -0.3 is 10.2 Å². The summed E-state index contributed by atoms with van der Waals surface area (Å²) in [5, 5.41) is 27.2. The van der Waals surface area contributed by atoms with Crippen LogP contribution in [-0.2, 0) is 12.8 Å². The van der Waals surface area contributed by atoms with E-state index in [1.165, 1.54) is 23.3 Å². The molecule has 0 fully saturated rings. The van der Waals surface area contributed by atoms with Gasteiger partial charge in [0.15, 0.2) is 34.9 Å². The second-order valence-electron chi connectivity index (χ2n) is 15.1. The molecule has 0 saturated carbocycles. The van der Waals surface area contributed by atoms with E-state index in [2.05, 4.69) is 86.5 Å². The predicted molar refractivity (Wildman–Crippen MR) is 255 cm³/mol. The number of benzene rings is 7. The fourth-order valence-corrected chi connectivity index (χ4v) is 9.83. The molecular weight excluding hydrogens is 947 g/mol. The quantitative estimate of drug-likeness (QED) is 0.169. The Morgan fingerprint density at radius 3 is 1.35 bits per heavy atom. The van der Waals surface area contributed by atoms with E-state index in [-0.39, 0.29) is 23.1 Å². The van der Waals surface area contributed by atoms with E-state index in [0.29, 0.717) is 55.6 Å². The van der Waals surface area contributed by atoms with Crippen molar-refractivity contribution in [2.24, 2.45) is 0 Å². The third-order valence-corrected chi connectivity index (χ3v) is 12.7. The van der Waals surface area contributed by atoms with Crippen LogP contribution in [0, 0.1) is 0 Å². The minimum atomic E-state index is -0.00735. The molecule has 0 aliphatic heterocycles. The lowest BCUT2D eigenvalue weighted by Gasteiger charge is -2.18. The Balaban J connectivity index is 1.06. The molecule has 8 nitrogen and oxygen atoms in total. The summed E-state index contributed by atoms with van der Waals surface area (Å²) in [5.74, 6) is 2.21. The molecule has 0 saturated heterocycles. The Kier molecular flexibility index (Phi) is 9.50. The van der Waals surface area contributed by atoms with Crippen LogP contribution in [0.2, 0.25) is 10.0 Å². The maximum atomic E-state index is 11.0. The summed E-state index contributed by atoms with van der Waals surface area (Å²) < 4.78 is 2.23. The summed E-state index contributed by atoms with van der Waals surface area (Å²) in [6.45, 7) is 0. The standard InChI is InChI=1S/C50H28Br2Cl2N6O2/c51-31-19-27-3-1-5-35-37(15-11-29(21-31)43(27)35)47-55-45(57-49(59-47)39-23-33(53)13-17-41(39)61)25-7-9-26(10-8-25)46-56-48(60-50(58-46)40-24-34(54)14-18-42(40)62)38-16-12-30-22-32(52)20-28-4-2-6-36(38)44(28)30/h1-19,22-24,61-62H,20-21H2. The molecule has 0 amide bonds. The van der Waals surface area contributed by atoms with Crippen LogP contribution in [-0.4, -0.2) is 40.1 Å². The zero-order valence-electron chi connectivity index (χ0n) is 32.2. The van der Waals surface area contributed by atoms with Crippen molar-refractivity contribution in [1.29, 1.82) is 0 Å². The lowest BCUT2D eigenvalue weighted by atomic mass is 9.90. The van der Waals surface area contributed by atoms with Crippen molar-refractivity contribution in [2.75, 3.05) is 0 Å². The van der Waals surface area contributed by atoms with Gasteiger partial charge in [-0.1, -0.05) is 134 Å². The van der Waals surface area contributed by atoms with Crippen molar-refractivity contribution >= 4 is 88.8 Å². The van der Waals surface area contributed by atoms with Gasteiger partial charge in [-0.3, -0.25) is 0 Å². The summed E-state index contributed by atoms with van der Waals surface area (Å²) in [7, 11) is 0. The molecule has 2 N–H and O–H groups in total. The van der Waals surface area contributed by atoms with Crippen LogP contribution >= 0.6 is 55.1 Å². The molecule has 0 spiro atoms. The predicted octanol–water partition coefficient (Wildman–Crippen LogP) is 13.7. The number of aromatic hydroxyl groups is 2.